The number of alkyl halides is 3. The summed E-state index contributed by atoms with van der Waals surface area (Å²) in [6, 6.07) is 0. The van der Waals surface area contributed by atoms with Crippen molar-refractivity contribution in [2.75, 3.05) is 23.7 Å². The van der Waals surface area contributed by atoms with Gasteiger partial charge in [0.1, 0.15) is 24.0 Å². The number of aromatic nitrogens is 2. The summed E-state index contributed by atoms with van der Waals surface area (Å²) in [6.45, 7) is 5.00. The van der Waals surface area contributed by atoms with Crippen molar-refractivity contribution in [1.82, 2.24) is 9.97 Å². The van der Waals surface area contributed by atoms with Gasteiger partial charge in [0.2, 0.25) is 0 Å². The fourth-order valence-electron chi connectivity index (χ4n) is 1.42. The van der Waals surface area contributed by atoms with Gasteiger partial charge in [-0.05, 0) is 13.8 Å². The van der Waals surface area contributed by atoms with Crippen molar-refractivity contribution in [2.45, 2.75) is 33.4 Å². The third-order valence-corrected chi connectivity index (χ3v) is 2.31. The third kappa shape index (κ3) is 4.05. The maximum absolute atomic E-state index is 12.2. The van der Waals surface area contributed by atoms with Gasteiger partial charge in [-0.15, -0.1) is 0 Å². The first-order valence-electron chi connectivity index (χ1n) is 5.79. The van der Waals surface area contributed by atoms with Crippen LogP contribution in [0.4, 0.5) is 24.8 Å². The lowest BCUT2D eigenvalue weighted by molar-refractivity contribution is -0.115. The molecule has 0 spiro atoms. The molecule has 0 bridgehead atoms. The van der Waals surface area contributed by atoms with Gasteiger partial charge in [-0.2, -0.15) is 13.2 Å². The Kier molecular flexibility index (Phi) is 4.75. The molecule has 0 aliphatic rings. The Morgan fingerprint density at radius 1 is 1.06 bits per heavy atom. The zero-order valence-electron chi connectivity index (χ0n) is 10.6. The highest BCUT2D eigenvalue weighted by Crippen LogP contribution is 2.22. The zero-order valence-corrected chi connectivity index (χ0v) is 10.6. The summed E-state index contributed by atoms with van der Waals surface area (Å²) in [5.41, 5.74) is 0.596. The zero-order chi connectivity index (χ0) is 13.8. The number of halogens is 3. The predicted molar refractivity (Wildman–Crippen MR) is 64.9 cm³/mol. The smallest absolute Gasteiger partial charge is 0.370 e. The van der Waals surface area contributed by atoms with Crippen LogP contribution in [0.15, 0.2) is 0 Å². The van der Waals surface area contributed by atoms with Crippen molar-refractivity contribution in [3.63, 3.8) is 0 Å². The summed E-state index contributed by atoms with van der Waals surface area (Å²) >= 11 is 0. The van der Waals surface area contributed by atoms with Gasteiger partial charge >= 0.3 is 6.18 Å². The molecular weight excluding hydrogens is 245 g/mol. The molecule has 4 nitrogen and oxygen atoms in total. The van der Waals surface area contributed by atoms with Crippen LogP contribution in [0.1, 0.15) is 25.2 Å². The van der Waals surface area contributed by atoms with Crippen LogP contribution in [-0.4, -0.2) is 29.2 Å². The second-order valence-corrected chi connectivity index (χ2v) is 3.81. The second-order valence-electron chi connectivity index (χ2n) is 3.81. The normalized spacial score (nSPS) is 11.4. The van der Waals surface area contributed by atoms with Gasteiger partial charge in [-0.1, -0.05) is 6.92 Å². The van der Waals surface area contributed by atoms with Crippen LogP contribution < -0.4 is 10.6 Å². The lowest BCUT2D eigenvalue weighted by Crippen LogP contribution is -2.23. The summed E-state index contributed by atoms with van der Waals surface area (Å²) in [5.74, 6) is 1.32. The highest BCUT2D eigenvalue weighted by Gasteiger charge is 2.27. The molecule has 0 aliphatic heterocycles. The minimum Gasteiger partial charge on any atom is -0.370 e. The summed E-state index contributed by atoms with van der Waals surface area (Å²) in [5, 5.41) is 5.33. The summed E-state index contributed by atoms with van der Waals surface area (Å²) < 4.78 is 36.5. The molecule has 102 valence electrons. The van der Waals surface area contributed by atoms with E-state index in [9.17, 15) is 13.2 Å². The van der Waals surface area contributed by atoms with Crippen LogP contribution in [0.25, 0.3) is 0 Å². The molecule has 18 heavy (non-hydrogen) atoms. The van der Waals surface area contributed by atoms with Gasteiger partial charge in [0.25, 0.3) is 0 Å². The first-order chi connectivity index (χ1) is 8.37. The number of nitrogens with one attached hydrogen (secondary N) is 2. The van der Waals surface area contributed by atoms with E-state index in [1.165, 1.54) is 0 Å². The number of anilines is 2. The number of nitrogens with zero attached hydrogens (tertiary/aromatic N) is 2. The molecule has 0 atom stereocenters. The Balaban J connectivity index is 2.98. The largest absolute Gasteiger partial charge is 0.405 e. The third-order valence-electron chi connectivity index (χ3n) is 2.31. The number of rotatable bonds is 5. The molecule has 1 aromatic heterocycles. The highest BCUT2D eigenvalue weighted by atomic mass is 19.4. The standard InChI is InChI=1S/C11H17F3N4/c1-4-8-17-9(15-5-2)7(3)10(18-8)16-6-11(12,13)14/h4-6H2,1-3H3,(H2,15,16,17,18). The van der Waals surface area contributed by atoms with Crippen LogP contribution in [0, 0.1) is 6.92 Å². The summed E-state index contributed by atoms with van der Waals surface area (Å²) in [7, 11) is 0. The SMILES string of the molecule is CCNc1nc(CC)nc(NCC(F)(F)F)c1C. The van der Waals surface area contributed by atoms with Gasteiger partial charge < -0.3 is 10.6 Å². The lowest BCUT2D eigenvalue weighted by Gasteiger charge is -2.15. The molecule has 0 fully saturated rings. The van der Waals surface area contributed by atoms with Crippen molar-refractivity contribution in [3.8, 4) is 0 Å². The van der Waals surface area contributed by atoms with Crippen LogP contribution in [0.3, 0.4) is 0 Å². The molecular formula is C11H17F3N4. The van der Waals surface area contributed by atoms with E-state index in [4.69, 9.17) is 0 Å². The fourth-order valence-corrected chi connectivity index (χ4v) is 1.42. The maximum atomic E-state index is 12.2. The van der Waals surface area contributed by atoms with Gasteiger partial charge in [-0.3, -0.25) is 0 Å². The van der Waals surface area contributed by atoms with Crippen molar-refractivity contribution < 1.29 is 13.2 Å². The van der Waals surface area contributed by atoms with Crippen molar-refractivity contribution in [1.29, 1.82) is 0 Å². The van der Waals surface area contributed by atoms with E-state index in [1.54, 1.807) is 6.92 Å². The Hall–Kier alpha value is -1.53. The monoisotopic (exact) mass is 262 g/mol. The van der Waals surface area contributed by atoms with E-state index in [0.717, 1.165) is 0 Å². The molecule has 1 heterocycles. The van der Waals surface area contributed by atoms with Crippen molar-refractivity contribution in [2.24, 2.45) is 0 Å². The quantitative estimate of drug-likeness (QED) is 0.856. The van der Waals surface area contributed by atoms with Gasteiger partial charge in [0.05, 0.1) is 0 Å². The van der Waals surface area contributed by atoms with E-state index in [-0.39, 0.29) is 5.82 Å². The second kappa shape index (κ2) is 5.88. The number of aryl methyl sites for hydroxylation is 1. The first kappa shape index (κ1) is 14.5. The number of hydrogen-bond donors (Lipinski definition) is 2. The van der Waals surface area contributed by atoms with Crippen LogP contribution >= 0.6 is 0 Å². The predicted octanol–water partition coefficient (Wildman–Crippen LogP) is 2.75. The minimum atomic E-state index is -4.26. The molecule has 7 heteroatoms. The van der Waals surface area contributed by atoms with E-state index in [2.05, 4.69) is 20.6 Å². The van der Waals surface area contributed by atoms with Gasteiger partial charge in [0, 0.05) is 18.5 Å². The van der Waals surface area contributed by atoms with Gasteiger partial charge in [0.15, 0.2) is 0 Å². The average molecular weight is 262 g/mol. The molecule has 1 aromatic rings. The topological polar surface area (TPSA) is 49.8 Å². The van der Waals surface area contributed by atoms with Crippen molar-refractivity contribution >= 4 is 11.6 Å². The molecule has 0 aliphatic carbocycles. The molecule has 0 saturated heterocycles. The van der Waals surface area contributed by atoms with E-state index >= 15 is 0 Å². The molecule has 0 radical (unpaired) electrons. The van der Waals surface area contributed by atoms with Crippen LogP contribution in [0.2, 0.25) is 0 Å². The maximum Gasteiger partial charge on any atom is 0.405 e. The summed E-state index contributed by atoms with van der Waals surface area (Å²) in [6.07, 6.45) is -3.69. The molecule has 0 aromatic carbocycles. The minimum absolute atomic E-state index is 0.232. The molecule has 0 amide bonds. The molecule has 1 rings (SSSR count). The Bertz CT molecular complexity index is 404. The Morgan fingerprint density at radius 3 is 2.06 bits per heavy atom. The van der Waals surface area contributed by atoms with Crippen LogP contribution in [-0.2, 0) is 6.42 Å². The first-order valence-corrected chi connectivity index (χ1v) is 5.79. The summed E-state index contributed by atoms with van der Waals surface area (Å²) in [4.78, 5) is 8.32. The fraction of sp³-hybridized carbons (Fsp3) is 0.636. The van der Waals surface area contributed by atoms with E-state index < -0.39 is 12.7 Å². The molecule has 0 unspecified atom stereocenters. The van der Waals surface area contributed by atoms with Crippen molar-refractivity contribution in [3.05, 3.63) is 11.4 Å². The molecule has 0 saturated carbocycles. The molecule has 2 N–H and O–H groups in total. The van der Waals surface area contributed by atoms with E-state index in [1.807, 2.05) is 13.8 Å². The highest BCUT2D eigenvalue weighted by molar-refractivity contribution is 5.57. The van der Waals surface area contributed by atoms with Gasteiger partial charge in [-0.25, -0.2) is 9.97 Å². The average Bonchev–Trinajstić information content (AvgIpc) is 2.29. The lowest BCUT2D eigenvalue weighted by atomic mass is 10.3. The Labute approximate surface area is 104 Å². The van der Waals surface area contributed by atoms with Crippen LogP contribution in [0.5, 0.6) is 0 Å². The Morgan fingerprint density at radius 2 is 1.61 bits per heavy atom. The van der Waals surface area contributed by atoms with E-state index in [0.29, 0.717) is 30.2 Å². The number of hydrogen-bond acceptors (Lipinski definition) is 4.